The van der Waals surface area contributed by atoms with E-state index in [4.69, 9.17) is 10.5 Å². The molecule has 15 heavy (non-hydrogen) atoms. The number of rotatable bonds is 3. The van der Waals surface area contributed by atoms with Crippen molar-refractivity contribution in [3.63, 3.8) is 0 Å². The Hall–Kier alpha value is -0.120. The van der Waals surface area contributed by atoms with Crippen LogP contribution in [0.25, 0.3) is 0 Å². The highest BCUT2D eigenvalue weighted by molar-refractivity contribution is 4.83. The molecule has 0 bridgehead atoms. The Kier molecular flexibility index (Phi) is 4.42. The lowest BCUT2D eigenvalue weighted by molar-refractivity contribution is 0.0226. The fourth-order valence-electron chi connectivity index (χ4n) is 2.99. The molecule has 2 fully saturated rings. The van der Waals surface area contributed by atoms with Crippen LogP contribution < -0.4 is 5.73 Å². The van der Waals surface area contributed by atoms with E-state index in [-0.39, 0.29) is 0 Å². The van der Waals surface area contributed by atoms with E-state index < -0.39 is 0 Å². The predicted octanol–water partition coefficient (Wildman–Crippen LogP) is 1.23. The van der Waals surface area contributed by atoms with E-state index in [2.05, 4.69) is 4.90 Å². The first kappa shape index (κ1) is 11.4. The molecule has 0 aromatic rings. The summed E-state index contributed by atoms with van der Waals surface area (Å²) < 4.78 is 5.42. The lowest BCUT2D eigenvalue weighted by Crippen LogP contribution is -2.49. The van der Waals surface area contributed by atoms with Gasteiger partial charge in [0.1, 0.15) is 0 Å². The monoisotopic (exact) mass is 212 g/mol. The van der Waals surface area contributed by atoms with Gasteiger partial charge in [-0.05, 0) is 44.7 Å². The van der Waals surface area contributed by atoms with Crippen molar-refractivity contribution in [1.82, 2.24) is 4.90 Å². The average Bonchev–Trinajstić information content (AvgIpc) is 2.33. The zero-order valence-corrected chi connectivity index (χ0v) is 9.66. The molecule has 0 aliphatic carbocycles. The molecule has 2 aliphatic rings. The summed E-state index contributed by atoms with van der Waals surface area (Å²) in [5.74, 6) is 0.779. The Balaban J connectivity index is 1.88. The average molecular weight is 212 g/mol. The van der Waals surface area contributed by atoms with Gasteiger partial charge in [-0.15, -0.1) is 0 Å². The minimum Gasteiger partial charge on any atom is -0.381 e. The van der Waals surface area contributed by atoms with Gasteiger partial charge in [-0.2, -0.15) is 0 Å². The third-order valence-corrected chi connectivity index (χ3v) is 3.91. The first-order chi connectivity index (χ1) is 7.42. The number of nitrogens with two attached hydrogens (primary N) is 1. The van der Waals surface area contributed by atoms with Gasteiger partial charge in [0.25, 0.3) is 0 Å². The van der Waals surface area contributed by atoms with Crippen molar-refractivity contribution in [2.75, 3.05) is 32.8 Å². The van der Waals surface area contributed by atoms with Crippen LogP contribution in [0.1, 0.15) is 32.1 Å². The summed E-state index contributed by atoms with van der Waals surface area (Å²) in [4.78, 5) is 2.62. The van der Waals surface area contributed by atoms with Crippen LogP contribution >= 0.6 is 0 Å². The Bertz CT molecular complexity index is 156. The topological polar surface area (TPSA) is 38.5 Å². The van der Waals surface area contributed by atoms with Crippen molar-refractivity contribution >= 4 is 0 Å². The minimum atomic E-state index is 0.620. The molecule has 2 rings (SSSR count). The van der Waals surface area contributed by atoms with E-state index in [1.807, 2.05) is 0 Å². The summed E-state index contributed by atoms with van der Waals surface area (Å²) in [5.41, 5.74) is 5.95. The smallest absolute Gasteiger partial charge is 0.0469 e. The molecule has 3 nitrogen and oxygen atoms in total. The molecule has 88 valence electrons. The molecule has 2 N–H and O–H groups in total. The van der Waals surface area contributed by atoms with Crippen LogP contribution in [0.3, 0.4) is 0 Å². The van der Waals surface area contributed by atoms with Crippen molar-refractivity contribution < 1.29 is 4.74 Å². The number of ether oxygens (including phenoxy) is 1. The van der Waals surface area contributed by atoms with Crippen LogP contribution in [0.5, 0.6) is 0 Å². The second-order valence-corrected chi connectivity index (χ2v) is 4.85. The SMILES string of the molecule is NCC(C1CCOCC1)N1CCCCC1. The Labute approximate surface area is 93.0 Å². The zero-order valence-electron chi connectivity index (χ0n) is 9.66. The number of piperidine rings is 1. The largest absolute Gasteiger partial charge is 0.381 e. The first-order valence-electron chi connectivity index (χ1n) is 6.43. The van der Waals surface area contributed by atoms with E-state index in [1.54, 1.807) is 0 Å². The van der Waals surface area contributed by atoms with E-state index in [9.17, 15) is 0 Å². The lowest BCUT2D eigenvalue weighted by atomic mass is 9.89. The normalized spacial score (nSPS) is 27.8. The number of hydrogen-bond donors (Lipinski definition) is 1. The second-order valence-electron chi connectivity index (χ2n) is 4.85. The molecular formula is C12H24N2O. The van der Waals surface area contributed by atoms with Crippen molar-refractivity contribution in [3.05, 3.63) is 0 Å². The van der Waals surface area contributed by atoms with Gasteiger partial charge >= 0.3 is 0 Å². The molecule has 0 aromatic heterocycles. The molecule has 0 saturated carbocycles. The number of nitrogens with zero attached hydrogens (tertiary/aromatic N) is 1. The molecule has 1 unspecified atom stereocenters. The van der Waals surface area contributed by atoms with Crippen LogP contribution in [0, 0.1) is 5.92 Å². The third-order valence-electron chi connectivity index (χ3n) is 3.91. The Morgan fingerprint density at radius 1 is 1.13 bits per heavy atom. The summed E-state index contributed by atoms with van der Waals surface area (Å²) in [6.07, 6.45) is 6.54. The van der Waals surface area contributed by atoms with Crippen LogP contribution in [0.2, 0.25) is 0 Å². The Morgan fingerprint density at radius 3 is 2.40 bits per heavy atom. The maximum atomic E-state index is 5.95. The molecule has 0 amide bonds. The quantitative estimate of drug-likeness (QED) is 0.764. The molecule has 1 atom stereocenters. The molecule has 2 saturated heterocycles. The predicted molar refractivity (Wildman–Crippen MR) is 61.8 cm³/mol. The van der Waals surface area contributed by atoms with Gasteiger partial charge in [0.15, 0.2) is 0 Å². The van der Waals surface area contributed by atoms with Crippen LogP contribution in [-0.2, 0) is 4.74 Å². The zero-order chi connectivity index (χ0) is 10.5. The lowest BCUT2D eigenvalue weighted by Gasteiger charge is -2.40. The summed E-state index contributed by atoms with van der Waals surface area (Å²) >= 11 is 0. The van der Waals surface area contributed by atoms with Gasteiger partial charge in [-0.3, -0.25) is 4.90 Å². The summed E-state index contributed by atoms with van der Waals surface area (Å²) in [6, 6.07) is 0.620. The Morgan fingerprint density at radius 2 is 1.80 bits per heavy atom. The second kappa shape index (κ2) is 5.83. The minimum absolute atomic E-state index is 0.620. The fraction of sp³-hybridized carbons (Fsp3) is 1.00. The van der Waals surface area contributed by atoms with Crippen LogP contribution in [-0.4, -0.2) is 43.8 Å². The van der Waals surface area contributed by atoms with Crippen molar-refractivity contribution in [3.8, 4) is 0 Å². The van der Waals surface area contributed by atoms with E-state index in [1.165, 1.54) is 45.2 Å². The highest BCUT2D eigenvalue weighted by Gasteiger charge is 2.28. The van der Waals surface area contributed by atoms with Crippen LogP contribution in [0.4, 0.5) is 0 Å². The molecular weight excluding hydrogens is 188 g/mol. The van der Waals surface area contributed by atoms with Gasteiger partial charge in [-0.25, -0.2) is 0 Å². The van der Waals surface area contributed by atoms with Crippen LogP contribution in [0.15, 0.2) is 0 Å². The highest BCUT2D eigenvalue weighted by Crippen LogP contribution is 2.24. The summed E-state index contributed by atoms with van der Waals surface area (Å²) in [6.45, 7) is 5.23. The van der Waals surface area contributed by atoms with Gasteiger partial charge in [0.05, 0.1) is 0 Å². The van der Waals surface area contributed by atoms with E-state index >= 15 is 0 Å². The number of hydrogen-bond acceptors (Lipinski definition) is 3. The van der Waals surface area contributed by atoms with Gasteiger partial charge < -0.3 is 10.5 Å². The molecule has 0 radical (unpaired) electrons. The van der Waals surface area contributed by atoms with E-state index in [0.29, 0.717) is 6.04 Å². The van der Waals surface area contributed by atoms with Crippen molar-refractivity contribution in [1.29, 1.82) is 0 Å². The molecule has 0 spiro atoms. The van der Waals surface area contributed by atoms with Gasteiger partial charge in [-0.1, -0.05) is 6.42 Å². The first-order valence-corrected chi connectivity index (χ1v) is 6.43. The fourth-order valence-corrected chi connectivity index (χ4v) is 2.99. The summed E-state index contributed by atoms with van der Waals surface area (Å²) in [5, 5.41) is 0. The number of likely N-dealkylation sites (tertiary alicyclic amines) is 1. The van der Waals surface area contributed by atoms with Gasteiger partial charge in [0.2, 0.25) is 0 Å². The molecule has 0 aromatic carbocycles. The maximum absolute atomic E-state index is 5.95. The van der Waals surface area contributed by atoms with Crippen molar-refractivity contribution in [2.24, 2.45) is 11.7 Å². The van der Waals surface area contributed by atoms with E-state index in [0.717, 1.165) is 25.7 Å². The van der Waals surface area contributed by atoms with Gasteiger partial charge in [0, 0.05) is 25.8 Å². The molecule has 3 heteroatoms. The molecule has 2 aliphatic heterocycles. The highest BCUT2D eigenvalue weighted by atomic mass is 16.5. The van der Waals surface area contributed by atoms with Crippen molar-refractivity contribution in [2.45, 2.75) is 38.1 Å². The maximum Gasteiger partial charge on any atom is 0.0469 e. The summed E-state index contributed by atoms with van der Waals surface area (Å²) in [7, 11) is 0. The third kappa shape index (κ3) is 2.92. The molecule has 2 heterocycles. The standard InChI is InChI=1S/C12H24N2O/c13-10-12(11-4-8-15-9-5-11)14-6-2-1-3-7-14/h11-12H,1-10,13H2.